The molecule has 0 aliphatic carbocycles. The molecule has 0 aliphatic rings. The Kier molecular flexibility index (Phi) is 20.8. The summed E-state index contributed by atoms with van der Waals surface area (Å²) < 4.78 is 7.53. The van der Waals surface area contributed by atoms with E-state index >= 15 is 0 Å². The normalized spacial score (nSPS) is 11.0. The first-order valence-corrected chi connectivity index (χ1v) is 35.2. The Hall–Kier alpha value is -6.91. The monoisotopic (exact) mass is 1710 g/mol. The molecule has 452 valence electrons. The minimum absolute atomic E-state index is 0.0499. The lowest BCUT2D eigenvalue weighted by atomic mass is 10.1. The standard InChI is InChI=1S/C16H9Br3O.C16H10Br2O.2C16H11BrO.C15H9BrO/c1-8-4-9-2-3-10-5-14(18)15(19)7-12(10)16(20)11(9)6-13(8)17;1-9-6-11-3-2-10-4-5-12(17)7-13(10)16(19)14(11)8-15(9)18;1-10-2-7-14-12(8-10)4-3-11-5-6-13(17)9-15(11)16(14)18;1-10-2-6-14-11(8-10)3-4-12-9-13(17)5-7-15(12)16(14)18;16-14-7-3-6-13-12(14)9-8-10-4-1-2-5-11(10)15(13)17/h2-7H,1H3;2-8H,1H3;2*2-9H,1H3;1-9H. The zero-order chi connectivity index (χ0) is 65.2. The van der Waals surface area contributed by atoms with Gasteiger partial charge in [0.15, 0.2) is 27.1 Å². The van der Waals surface area contributed by atoms with Gasteiger partial charge in [0.1, 0.15) is 0 Å². The molecule has 0 spiro atoms. The maximum Gasteiger partial charge on any atom is 0.194 e. The number of hydrogen-bond acceptors (Lipinski definition) is 5. The van der Waals surface area contributed by atoms with Gasteiger partial charge < -0.3 is 0 Å². The van der Waals surface area contributed by atoms with Crippen molar-refractivity contribution in [2.24, 2.45) is 0 Å². The lowest BCUT2D eigenvalue weighted by molar-refractivity contribution is 1.46. The summed E-state index contributed by atoms with van der Waals surface area (Å²) in [6.45, 7) is 8.12. The van der Waals surface area contributed by atoms with Crippen LogP contribution < -0.4 is 27.1 Å². The molecular formula is C79H50Br8O5. The highest BCUT2D eigenvalue weighted by molar-refractivity contribution is 9.13. The maximum atomic E-state index is 12.8. The number of aryl methyl sites for hydroxylation is 4. The smallest absolute Gasteiger partial charge is 0.194 e. The summed E-state index contributed by atoms with van der Waals surface area (Å²) in [6.07, 6.45) is 0. The molecule has 0 saturated carbocycles. The van der Waals surface area contributed by atoms with Gasteiger partial charge in [-0.25, -0.2) is 0 Å². The second-order valence-electron chi connectivity index (χ2n) is 22.2. The summed E-state index contributed by atoms with van der Waals surface area (Å²) in [6, 6.07) is 74.3. The molecule has 92 heavy (non-hydrogen) atoms. The summed E-state index contributed by atoms with van der Waals surface area (Å²) in [5.41, 5.74) is 4.96. The molecule has 0 unspecified atom stereocenters. The van der Waals surface area contributed by atoms with Crippen molar-refractivity contribution in [2.45, 2.75) is 27.7 Å². The highest BCUT2D eigenvalue weighted by atomic mass is 79.9. The van der Waals surface area contributed by atoms with Gasteiger partial charge in [-0.2, -0.15) is 0 Å². The zero-order valence-corrected chi connectivity index (χ0v) is 62.2. The summed E-state index contributed by atoms with van der Waals surface area (Å²) in [5.74, 6) is 0. The first-order chi connectivity index (χ1) is 44.1. The number of rotatable bonds is 0. The van der Waals surface area contributed by atoms with Crippen molar-refractivity contribution in [3.63, 3.8) is 0 Å². The SMILES string of the molecule is Cc1cc2ccc3cc(Br)c(Br)cc3c(=O)c2cc1Br.Cc1cc2ccc3ccc(Br)cc3c(=O)c2cc1Br.Cc1ccc2c(=O)c3cc(Br)ccc3ccc2c1.Cc1ccc2c(=O)c3ccc(Br)cc3ccc2c1.O=c1c2ccccc2ccc2c(Br)cccc12. The molecule has 15 rings (SSSR count). The van der Waals surface area contributed by atoms with Gasteiger partial charge in [0.25, 0.3) is 0 Å². The van der Waals surface area contributed by atoms with Gasteiger partial charge in [-0.15, -0.1) is 0 Å². The van der Waals surface area contributed by atoms with Crippen LogP contribution in [0.3, 0.4) is 0 Å². The van der Waals surface area contributed by atoms with Crippen molar-refractivity contribution in [3.8, 4) is 0 Å². The molecule has 15 aromatic rings. The predicted molar refractivity (Wildman–Crippen MR) is 419 cm³/mol. The van der Waals surface area contributed by atoms with Gasteiger partial charge in [0, 0.05) is 89.6 Å². The highest BCUT2D eigenvalue weighted by Crippen LogP contribution is 2.31. The molecule has 0 aromatic heterocycles. The molecule has 0 amide bonds. The van der Waals surface area contributed by atoms with E-state index in [2.05, 4.69) is 127 Å². The van der Waals surface area contributed by atoms with Gasteiger partial charge in [-0.05, 0) is 197 Å². The predicted octanol–water partition coefficient (Wildman–Crippen LogP) is 24.1. The summed E-state index contributed by atoms with van der Waals surface area (Å²) in [5, 5.41) is 17.1. The first kappa shape index (κ1) is 66.5. The zero-order valence-electron chi connectivity index (χ0n) is 49.5. The maximum absolute atomic E-state index is 12.8. The van der Waals surface area contributed by atoms with Crippen LogP contribution in [0.15, 0.2) is 290 Å². The number of hydrogen-bond donors (Lipinski definition) is 0. The van der Waals surface area contributed by atoms with Crippen molar-refractivity contribution in [1.29, 1.82) is 0 Å². The van der Waals surface area contributed by atoms with Crippen LogP contribution in [0, 0.1) is 27.7 Å². The third-order valence-corrected chi connectivity index (χ3v) is 21.6. The fourth-order valence-corrected chi connectivity index (χ4v) is 14.0. The van der Waals surface area contributed by atoms with Crippen molar-refractivity contribution in [1.82, 2.24) is 0 Å². The van der Waals surface area contributed by atoms with Crippen LogP contribution in [0.5, 0.6) is 0 Å². The van der Waals surface area contributed by atoms with Gasteiger partial charge in [-0.1, -0.05) is 264 Å². The average Bonchev–Trinajstić information content (AvgIpc) is 1.81. The molecule has 0 N–H and O–H groups in total. The van der Waals surface area contributed by atoms with E-state index in [4.69, 9.17) is 0 Å². The van der Waals surface area contributed by atoms with Crippen LogP contribution in [0.4, 0.5) is 0 Å². The lowest BCUT2D eigenvalue weighted by Gasteiger charge is -1.99. The molecule has 5 nitrogen and oxygen atoms in total. The molecule has 0 saturated heterocycles. The Labute approximate surface area is 596 Å². The third-order valence-electron chi connectivity index (χ3n) is 15.9. The van der Waals surface area contributed by atoms with Crippen LogP contribution in [0.25, 0.3) is 108 Å². The summed E-state index contributed by atoms with van der Waals surface area (Å²) in [4.78, 5) is 62.9. The Balaban J connectivity index is 0.000000118. The molecule has 0 bridgehead atoms. The largest absolute Gasteiger partial charge is 0.289 e. The molecule has 0 fully saturated rings. The topological polar surface area (TPSA) is 85.3 Å². The van der Waals surface area contributed by atoms with Crippen molar-refractivity contribution in [2.75, 3.05) is 0 Å². The van der Waals surface area contributed by atoms with Crippen LogP contribution in [-0.2, 0) is 0 Å². The Morgan fingerprint density at radius 2 is 0.500 bits per heavy atom. The number of fused-ring (bicyclic) bond motifs is 10. The van der Waals surface area contributed by atoms with E-state index in [-0.39, 0.29) is 27.1 Å². The highest BCUT2D eigenvalue weighted by Gasteiger charge is 2.11. The molecule has 0 heterocycles. The van der Waals surface area contributed by atoms with E-state index in [1.165, 1.54) is 11.1 Å². The van der Waals surface area contributed by atoms with Crippen molar-refractivity contribution in [3.05, 3.63) is 340 Å². The fraction of sp³-hybridized carbons (Fsp3) is 0.0506. The Morgan fingerprint density at radius 1 is 0.196 bits per heavy atom. The molecule has 0 radical (unpaired) electrons. The van der Waals surface area contributed by atoms with Gasteiger partial charge in [0.2, 0.25) is 0 Å². The minimum atomic E-state index is 0.0499. The van der Waals surface area contributed by atoms with E-state index in [0.29, 0.717) is 5.39 Å². The molecule has 15 aromatic carbocycles. The average molecular weight is 1720 g/mol. The van der Waals surface area contributed by atoms with Crippen molar-refractivity contribution >= 4 is 235 Å². The third kappa shape index (κ3) is 14.6. The van der Waals surface area contributed by atoms with E-state index in [1.807, 2.05) is 258 Å². The quantitative estimate of drug-likeness (QED) is 0.151. The van der Waals surface area contributed by atoms with Gasteiger partial charge in [0.05, 0.1) is 0 Å². The summed E-state index contributed by atoms with van der Waals surface area (Å²) >= 11 is 27.7. The van der Waals surface area contributed by atoms with Crippen molar-refractivity contribution < 1.29 is 0 Å². The van der Waals surface area contributed by atoms with Gasteiger partial charge in [-0.3, -0.25) is 24.0 Å². The van der Waals surface area contributed by atoms with Crippen LogP contribution >= 0.6 is 127 Å². The fourth-order valence-electron chi connectivity index (χ4n) is 11.0. The second-order valence-corrected chi connectivity index (χ2v) is 29.2. The number of halogens is 8. The van der Waals surface area contributed by atoms with Crippen LogP contribution in [-0.4, -0.2) is 0 Å². The molecule has 0 atom stereocenters. The summed E-state index contributed by atoms with van der Waals surface area (Å²) in [7, 11) is 0. The molecule has 13 heteroatoms. The Morgan fingerprint density at radius 3 is 1.02 bits per heavy atom. The van der Waals surface area contributed by atoms with E-state index in [0.717, 1.165) is 149 Å². The number of benzene rings is 10. The second kappa shape index (κ2) is 28.8. The molecular weight excluding hydrogens is 1670 g/mol. The van der Waals surface area contributed by atoms with E-state index in [9.17, 15) is 24.0 Å². The Bertz CT molecular complexity index is 5730. The minimum Gasteiger partial charge on any atom is -0.289 e. The van der Waals surface area contributed by atoms with E-state index in [1.54, 1.807) is 0 Å². The van der Waals surface area contributed by atoms with Crippen LogP contribution in [0.1, 0.15) is 22.3 Å². The lowest BCUT2D eigenvalue weighted by Crippen LogP contribution is -1.99. The first-order valence-electron chi connectivity index (χ1n) is 28.8. The van der Waals surface area contributed by atoms with Gasteiger partial charge >= 0.3 is 0 Å². The van der Waals surface area contributed by atoms with E-state index < -0.39 is 0 Å². The molecule has 0 aliphatic heterocycles. The van der Waals surface area contributed by atoms with Crippen LogP contribution in [0.2, 0.25) is 0 Å².